The van der Waals surface area contributed by atoms with Crippen LogP contribution in [0.5, 0.6) is 0 Å². The molecule has 0 radical (unpaired) electrons. The van der Waals surface area contributed by atoms with Gasteiger partial charge in [0.15, 0.2) is 22.8 Å². The average molecular weight is 435 g/mol. The van der Waals surface area contributed by atoms with E-state index in [-0.39, 0.29) is 38.3 Å². The molecule has 0 fully saturated rings. The molecule has 0 bridgehead atoms. The minimum absolute atomic E-state index is 0.0698. The molecule has 0 saturated heterocycles. The zero-order valence-electron chi connectivity index (χ0n) is 14.9. The van der Waals surface area contributed by atoms with Gasteiger partial charge in [0.2, 0.25) is 5.89 Å². The van der Waals surface area contributed by atoms with E-state index in [1.54, 1.807) is 30.3 Å². The van der Waals surface area contributed by atoms with E-state index in [1.807, 2.05) is 0 Å². The number of furan rings is 1. The third-order valence-electron chi connectivity index (χ3n) is 4.69. The van der Waals surface area contributed by atoms with Crippen molar-refractivity contribution in [3.63, 3.8) is 0 Å². The largest absolute Gasteiger partial charge is 0.435 e. The SMILES string of the molecule is [C-]#[N+]c1ccc(-c2cc3oc(C=C4C(=O)c5cc(Cl)c(Cl)cc5C4=O)nc3o2)cc1. The highest BCUT2D eigenvalue weighted by atomic mass is 35.5. The van der Waals surface area contributed by atoms with Crippen LogP contribution in [0.15, 0.2) is 56.9 Å². The topological polar surface area (TPSA) is 77.7 Å². The van der Waals surface area contributed by atoms with Gasteiger partial charge in [-0.15, -0.1) is 0 Å². The van der Waals surface area contributed by atoms with Crippen molar-refractivity contribution in [2.75, 3.05) is 0 Å². The number of Topliss-reactive ketones (excluding diaryl/α,β-unsaturated/α-hetero) is 2. The lowest BCUT2D eigenvalue weighted by Crippen LogP contribution is -2.00. The second-order valence-corrected chi connectivity index (χ2v) is 7.33. The summed E-state index contributed by atoms with van der Waals surface area (Å²) in [7, 11) is 0. The van der Waals surface area contributed by atoms with Gasteiger partial charge in [-0.25, -0.2) is 4.85 Å². The van der Waals surface area contributed by atoms with Gasteiger partial charge in [0, 0.05) is 28.8 Å². The van der Waals surface area contributed by atoms with Crippen molar-refractivity contribution in [3.8, 4) is 11.3 Å². The number of hydrogen-bond donors (Lipinski definition) is 0. The van der Waals surface area contributed by atoms with Gasteiger partial charge in [0.25, 0.3) is 5.71 Å². The number of rotatable bonds is 2. The maximum atomic E-state index is 12.6. The molecule has 0 atom stereocenters. The monoisotopic (exact) mass is 434 g/mol. The molecule has 6 nitrogen and oxygen atoms in total. The molecule has 0 amide bonds. The maximum Gasteiger partial charge on any atom is 0.266 e. The average Bonchev–Trinajstić information content (AvgIpc) is 3.37. The van der Waals surface area contributed by atoms with Crippen LogP contribution in [0.3, 0.4) is 0 Å². The Kier molecular flexibility index (Phi) is 4.10. The van der Waals surface area contributed by atoms with Crippen LogP contribution < -0.4 is 0 Å². The van der Waals surface area contributed by atoms with Crippen LogP contribution in [0.4, 0.5) is 5.69 Å². The Morgan fingerprint density at radius 1 is 0.933 bits per heavy atom. The second kappa shape index (κ2) is 6.70. The number of carbonyl (C=O) groups excluding carboxylic acids is 2. The smallest absolute Gasteiger partial charge is 0.266 e. The molecule has 0 spiro atoms. The molecule has 2 aromatic carbocycles. The standard InChI is InChI=1S/C22H8Cl2N2O4/c1-25-11-4-2-10(3-5-11)17-9-18-22(30-17)26-19(29-18)8-14-20(27)12-6-15(23)16(24)7-13(12)21(14)28/h2-9H. The van der Waals surface area contributed by atoms with Crippen LogP contribution in [0.2, 0.25) is 10.0 Å². The summed E-state index contributed by atoms with van der Waals surface area (Å²) < 4.78 is 11.3. The normalized spacial score (nSPS) is 13.0. The van der Waals surface area contributed by atoms with Crippen molar-refractivity contribution in [3.05, 3.63) is 86.5 Å². The number of ketones is 2. The lowest BCUT2D eigenvalue weighted by Gasteiger charge is -1.98. The van der Waals surface area contributed by atoms with Gasteiger partial charge in [-0.05, 0) is 12.1 Å². The summed E-state index contributed by atoms with van der Waals surface area (Å²) in [6.45, 7) is 7.00. The number of oxazole rings is 1. The van der Waals surface area contributed by atoms with Crippen molar-refractivity contribution in [2.45, 2.75) is 0 Å². The van der Waals surface area contributed by atoms with E-state index in [1.165, 1.54) is 18.2 Å². The Morgan fingerprint density at radius 3 is 2.13 bits per heavy atom. The number of nitrogens with zero attached hydrogens (tertiary/aromatic N) is 2. The predicted molar refractivity (Wildman–Crippen MR) is 111 cm³/mol. The molecule has 0 unspecified atom stereocenters. The van der Waals surface area contributed by atoms with Crippen LogP contribution >= 0.6 is 23.2 Å². The fourth-order valence-electron chi connectivity index (χ4n) is 3.23. The van der Waals surface area contributed by atoms with Crippen molar-refractivity contribution < 1.29 is 18.4 Å². The third kappa shape index (κ3) is 2.84. The molecule has 1 aliphatic carbocycles. The lowest BCUT2D eigenvalue weighted by molar-refractivity contribution is 0.0990. The summed E-state index contributed by atoms with van der Waals surface area (Å²) >= 11 is 11.9. The Morgan fingerprint density at radius 2 is 1.57 bits per heavy atom. The summed E-state index contributed by atoms with van der Waals surface area (Å²) in [5.41, 5.74) is 2.20. The first kappa shape index (κ1) is 18.4. The number of fused-ring (bicyclic) bond motifs is 2. The molecule has 2 aromatic heterocycles. The molecule has 0 N–H and O–H groups in total. The summed E-state index contributed by atoms with van der Waals surface area (Å²) in [5.74, 6) is -0.343. The molecule has 5 rings (SSSR count). The fraction of sp³-hybridized carbons (Fsp3) is 0. The van der Waals surface area contributed by atoms with Crippen LogP contribution in [-0.4, -0.2) is 16.6 Å². The van der Waals surface area contributed by atoms with E-state index in [9.17, 15) is 9.59 Å². The van der Waals surface area contributed by atoms with Gasteiger partial charge in [0.05, 0.1) is 22.2 Å². The molecular formula is C22H8Cl2N2O4. The second-order valence-electron chi connectivity index (χ2n) is 6.52. The molecular weight excluding hydrogens is 427 g/mol. The highest BCUT2D eigenvalue weighted by molar-refractivity contribution is 6.46. The summed E-state index contributed by atoms with van der Waals surface area (Å²) in [6.07, 6.45) is 1.28. The quantitative estimate of drug-likeness (QED) is 0.207. The maximum absolute atomic E-state index is 12.6. The van der Waals surface area contributed by atoms with Crippen LogP contribution in [0.1, 0.15) is 26.6 Å². The van der Waals surface area contributed by atoms with Crippen LogP contribution in [-0.2, 0) is 0 Å². The number of carbonyl (C=O) groups is 2. The van der Waals surface area contributed by atoms with E-state index in [0.717, 1.165) is 5.56 Å². The van der Waals surface area contributed by atoms with Gasteiger partial charge in [-0.3, -0.25) is 9.59 Å². The Hall–Kier alpha value is -3.66. The molecule has 4 aromatic rings. The highest BCUT2D eigenvalue weighted by Crippen LogP contribution is 2.35. The molecule has 2 heterocycles. The number of hydrogen-bond acceptors (Lipinski definition) is 5. The van der Waals surface area contributed by atoms with Crippen molar-refractivity contribution in [2.24, 2.45) is 0 Å². The molecule has 0 aliphatic heterocycles. The first-order chi connectivity index (χ1) is 14.4. The minimum atomic E-state index is -0.469. The first-order valence-corrected chi connectivity index (χ1v) is 9.38. The molecule has 8 heteroatoms. The number of allylic oxidation sites excluding steroid dienone is 1. The zero-order chi connectivity index (χ0) is 21.0. The number of halogens is 2. The zero-order valence-corrected chi connectivity index (χ0v) is 16.4. The third-order valence-corrected chi connectivity index (χ3v) is 5.42. The van der Waals surface area contributed by atoms with Crippen LogP contribution in [0.25, 0.3) is 33.5 Å². The van der Waals surface area contributed by atoms with Gasteiger partial charge in [-0.1, -0.05) is 47.5 Å². The lowest BCUT2D eigenvalue weighted by atomic mass is 10.1. The predicted octanol–water partition coefficient (Wildman–Crippen LogP) is 6.41. The number of benzene rings is 2. The van der Waals surface area contributed by atoms with E-state index in [2.05, 4.69) is 9.83 Å². The fourth-order valence-corrected chi connectivity index (χ4v) is 3.55. The minimum Gasteiger partial charge on any atom is -0.435 e. The molecule has 144 valence electrons. The highest BCUT2D eigenvalue weighted by Gasteiger charge is 2.34. The van der Waals surface area contributed by atoms with Gasteiger partial charge >= 0.3 is 0 Å². The number of aromatic nitrogens is 1. The van der Waals surface area contributed by atoms with E-state index in [0.29, 0.717) is 17.0 Å². The van der Waals surface area contributed by atoms with E-state index < -0.39 is 11.6 Å². The van der Waals surface area contributed by atoms with Gasteiger partial charge < -0.3 is 8.83 Å². The Balaban J connectivity index is 1.49. The molecule has 1 aliphatic rings. The van der Waals surface area contributed by atoms with Crippen molar-refractivity contribution in [1.82, 2.24) is 4.98 Å². The van der Waals surface area contributed by atoms with Gasteiger partial charge in [-0.2, -0.15) is 4.98 Å². The summed E-state index contributed by atoms with van der Waals surface area (Å²) in [4.78, 5) is 32.8. The van der Waals surface area contributed by atoms with E-state index >= 15 is 0 Å². The van der Waals surface area contributed by atoms with Crippen LogP contribution in [0, 0.1) is 6.57 Å². The molecule has 30 heavy (non-hydrogen) atoms. The van der Waals surface area contributed by atoms with E-state index in [4.69, 9.17) is 38.6 Å². The Labute approximate surface area is 179 Å². The first-order valence-electron chi connectivity index (χ1n) is 8.63. The Bertz CT molecular complexity index is 1380. The van der Waals surface area contributed by atoms with Crippen molar-refractivity contribution >= 4 is 57.8 Å². The summed E-state index contributed by atoms with van der Waals surface area (Å²) in [6, 6.07) is 11.3. The molecule has 0 saturated carbocycles. The summed E-state index contributed by atoms with van der Waals surface area (Å²) in [5, 5.41) is 0.395. The van der Waals surface area contributed by atoms with Gasteiger partial charge in [0.1, 0.15) is 5.76 Å². The van der Waals surface area contributed by atoms with Crippen molar-refractivity contribution in [1.29, 1.82) is 0 Å².